The van der Waals surface area contributed by atoms with E-state index in [1.165, 1.54) is 18.4 Å². The third-order valence-electron chi connectivity index (χ3n) is 3.27. The second-order valence-corrected chi connectivity index (χ2v) is 5.45. The fourth-order valence-corrected chi connectivity index (χ4v) is 2.85. The third kappa shape index (κ3) is 2.13. The quantitative estimate of drug-likeness (QED) is 0.861. The van der Waals surface area contributed by atoms with E-state index in [2.05, 4.69) is 22.1 Å². The van der Waals surface area contributed by atoms with Crippen molar-refractivity contribution in [2.75, 3.05) is 6.54 Å². The standard InChI is InChI=1S/C12H16N2OS/c15-12-11(13-10-1-2-10)3-5-14(12)7-9-4-6-16-8-9/h4,6,8,10-11,13H,1-3,5,7H2. The predicted octanol–water partition coefficient (Wildman–Crippen LogP) is 1.60. The number of nitrogens with one attached hydrogen (secondary N) is 1. The molecule has 2 aliphatic rings. The number of nitrogens with zero attached hydrogens (tertiary/aromatic N) is 1. The molecule has 2 fully saturated rings. The van der Waals surface area contributed by atoms with Crippen LogP contribution in [0.4, 0.5) is 0 Å². The molecule has 86 valence electrons. The summed E-state index contributed by atoms with van der Waals surface area (Å²) in [5, 5.41) is 7.61. The van der Waals surface area contributed by atoms with Crippen molar-refractivity contribution in [2.45, 2.75) is 37.9 Å². The van der Waals surface area contributed by atoms with Crippen molar-refractivity contribution >= 4 is 17.2 Å². The molecule has 0 radical (unpaired) electrons. The Balaban J connectivity index is 1.58. The molecule has 1 atom stereocenters. The minimum atomic E-state index is 0.0890. The number of thiophene rings is 1. The van der Waals surface area contributed by atoms with Crippen LogP contribution in [0.3, 0.4) is 0 Å². The van der Waals surface area contributed by atoms with E-state index >= 15 is 0 Å². The first-order chi connectivity index (χ1) is 7.83. The van der Waals surface area contributed by atoms with Gasteiger partial charge in [-0.1, -0.05) is 0 Å². The summed E-state index contributed by atoms with van der Waals surface area (Å²) in [7, 11) is 0. The van der Waals surface area contributed by atoms with Crippen LogP contribution in [-0.2, 0) is 11.3 Å². The van der Waals surface area contributed by atoms with Crippen LogP contribution in [0.15, 0.2) is 16.8 Å². The van der Waals surface area contributed by atoms with Crippen LogP contribution in [0.25, 0.3) is 0 Å². The first-order valence-corrected chi connectivity index (χ1v) is 6.83. The molecule has 16 heavy (non-hydrogen) atoms. The number of likely N-dealkylation sites (tertiary alicyclic amines) is 1. The Bertz CT molecular complexity index is 372. The van der Waals surface area contributed by atoms with Crippen molar-refractivity contribution in [3.8, 4) is 0 Å². The van der Waals surface area contributed by atoms with E-state index in [-0.39, 0.29) is 11.9 Å². The minimum absolute atomic E-state index is 0.0890. The number of hydrogen-bond donors (Lipinski definition) is 1. The fourth-order valence-electron chi connectivity index (χ4n) is 2.19. The van der Waals surface area contributed by atoms with Gasteiger partial charge in [-0.15, -0.1) is 0 Å². The van der Waals surface area contributed by atoms with Crippen molar-refractivity contribution in [2.24, 2.45) is 0 Å². The van der Waals surface area contributed by atoms with Gasteiger partial charge in [0.1, 0.15) is 0 Å². The number of carbonyl (C=O) groups excluding carboxylic acids is 1. The van der Waals surface area contributed by atoms with Crippen molar-refractivity contribution in [3.05, 3.63) is 22.4 Å². The lowest BCUT2D eigenvalue weighted by molar-refractivity contribution is -0.129. The zero-order valence-corrected chi connectivity index (χ0v) is 10.0. The van der Waals surface area contributed by atoms with Crippen LogP contribution in [-0.4, -0.2) is 29.4 Å². The van der Waals surface area contributed by atoms with E-state index in [4.69, 9.17) is 0 Å². The smallest absolute Gasteiger partial charge is 0.240 e. The summed E-state index contributed by atoms with van der Waals surface area (Å²) in [5.74, 6) is 0.290. The van der Waals surface area contributed by atoms with Crippen LogP contribution in [0.5, 0.6) is 0 Å². The molecule has 2 heterocycles. The van der Waals surface area contributed by atoms with E-state index in [1.54, 1.807) is 11.3 Å². The van der Waals surface area contributed by atoms with E-state index in [0.717, 1.165) is 19.5 Å². The Labute approximate surface area is 99.5 Å². The maximum absolute atomic E-state index is 12.1. The van der Waals surface area contributed by atoms with Gasteiger partial charge in [0.25, 0.3) is 0 Å². The van der Waals surface area contributed by atoms with Crippen LogP contribution < -0.4 is 5.32 Å². The van der Waals surface area contributed by atoms with Gasteiger partial charge >= 0.3 is 0 Å². The highest BCUT2D eigenvalue weighted by Crippen LogP contribution is 2.23. The van der Waals surface area contributed by atoms with E-state index in [0.29, 0.717) is 6.04 Å². The molecular formula is C12H16N2OS. The van der Waals surface area contributed by atoms with Crippen LogP contribution in [0, 0.1) is 0 Å². The summed E-state index contributed by atoms with van der Waals surface area (Å²) >= 11 is 1.69. The van der Waals surface area contributed by atoms with Gasteiger partial charge < -0.3 is 10.2 Å². The first-order valence-electron chi connectivity index (χ1n) is 5.89. The number of amides is 1. The second-order valence-electron chi connectivity index (χ2n) is 4.67. The average Bonchev–Trinajstić information content (AvgIpc) is 2.83. The highest BCUT2D eigenvalue weighted by molar-refractivity contribution is 7.07. The number of carbonyl (C=O) groups is 1. The molecule has 1 amide bonds. The Morgan fingerprint density at radius 3 is 3.00 bits per heavy atom. The molecule has 0 bridgehead atoms. The summed E-state index contributed by atoms with van der Waals surface area (Å²) in [4.78, 5) is 14.0. The molecule has 1 aromatic rings. The highest BCUT2D eigenvalue weighted by Gasteiger charge is 2.35. The number of rotatable bonds is 4. The molecule has 1 aliphatic heterocycles. The molecule has 3 rings (SSSR count). The minimum Gasteiger partial charge on any atom is -0.337 e. The van der Waals surface area contributed by atoms with Crippen LogP contribution >= 0.6 is 11.3 Å². The molecule has 0 aromatic carbocycles. The highest BCUT2D eigenvalue weighted by atomic mass is 32.1. The SMILES string of the molecule is O=C1C(NC2CC2)CCN1Cc1ccsc1. The molecule has 4 heteroatoms. The van der Waals surface area contributed by atoms with Gasteiger partial charge in [0, 0.05) is 19.1 Å². The summed E-state index contributed by atoms with van der Waals surface area (Å²) in [6.45, 7) is 1.68. The Morgan fingerprint density at radius 1 is 1.44 bits per heavy atom. The predicted molar refractivity (Wildman–Crippen MR) is 64.3 cm³/mol. The van der Waals surface area contributed by atoms with Gasteiger partial charge in [0.15, 0.2) is 0 Å². The molecule has 1 unspecified atom stereocenters. The van der Waals surface area contributed by atoms with Gasteiger partial charge in [-0.25, -0.2) is 0 Å². The molecule has 3 nitrogen and oxygen atoms in total. The van der Waals surface area contributed by atoms with E-state index in [1.807, 2.05) is 4.90 Å². The van der Waals surface area contributed by atoms with Crippen LogP contribution in [0.1, 0.15) is 24.8 Å². The summed E-state index contributed by atoms with van der Waals surface area (Å²) < 4.78 is 0. The maximum atomic E-state index is 12.1. The zero-order chi connectivity index (χ0) is 11.0. The molecule has 1 saturated heterocycles. The van der Waals surface area contributed by atoms with Crippen molar-refractivity contribution in [1.29, 1.82) is 0 Å². The molecule has 1 aliphatic carbocycles. The third-order valence-corrected chi connectivity index (χ3v) is 4.00. The Morgan fingerprint density at radius 2 is 2.31 bits per heavy atom. The van der Waals surface area contributed by atoms with Gasteiger partial charge in [0.05, 0.1) is 6.04 Å². The molecular weight excluding hydrogens is 220 g/mol. The van der Waals surface area contributed by atoms with Gasteiger partial charge in [-0.3, -0.25) is 4.79 Å². The Kier molecular flexibility index (Phi) is 2.69. The van der Waals surface area contributed by atoms with Crippen molar-refractivity contribution in [3.63, 3.8) is 0 Å². The normalized spacial score (nSPS) is 25.4. The lowest BCUT2D eigenvalue weighted by atomic mass is 10.2. The lowest BCUT2D eigenvalue weighted by Crippen LogP contribution is -2.39. The molecule has 1 N–H and O–H groups in total. The molecule has 1 saturated carbocycles. The Hall–Kier alpha value is -0.870. The van der Waals surface area contributed by atoms with Crippen LogP contribution in [0.2, 0.25) is 0 Å². The van der Waals surface area contributed by atoms with E-state index in [9.17, 15) is 4.79 Å². The van der Waals surface area contributed by atoms with Crippen molar-refractivity contribution in [1.82, 2.24) is 10.2 Å². The van der Waals surface area contributed by atoms with E-state index < -0.39 is 0 Å². The first kappa shape index (κ1) is 10.3. The van der Waals surface area contributed by atoms with Crippen molar-refractivity contribution < 1.29 is 4.79 Å². The summed E-state index contributed by atoms with van der Waals surface area (Å²) in [6.07, 6.45) is 3.46. The largest absolute Gasteiger partial charge is 0.337 e. The summed E-state index contributed by atoms with van der Waals surface area (Å²) in [5.41, 5.74) is 1.26. The lowest BCUT2D eigenvalue weighted by Gasteiger charge is -2.16. The van der Waals surface area contributed by atoms with Gasteiger partial charge in [-0.2, -0.15) is 11.3 Å². The fraction of sp³-hybridized carbons (Fsp3) is 0.583. The molecule has 1 aromatic heterocycles. The number of hydrogen-bond acceptors (Lipinski definition) is 3. The zero-order valence-electron chi connectivity index (χ0n) is 9.19. The molecule has 0 spiro atoms. The van der Waals surface area contributed by atoms with Gasteiger partial charge in [0.2, 0.25) is 5.91 Å². The summed E-state index contributed by atoms with van der Waals surface area (Å²) in [6, 6.07) is 2.81. The second kappa shape index (κ2) is 4.18. The maximum Gasteiger partial charge on any atom is 0.240 e. The average molecular weight is 236 g/mol. The monoisotopic (exact) mass is 236 g/mol. The van der Waals surface area contributed by atoms with Gasteiger partial charge in [-0.05, 0) is 41.7 Å². The topological polar surface area (TPSA) is 32.3 Å².